The van der Waals surface area contributed by atoms with Crippen molar-refractivity contribution in [3.63, 3.8) is 0 Å². The number of aliphatic hydroxyl groups is 3. The molecule has 0 radical (unpaired) electrons. The Balaban J connectivity index is 2.04. The third kappa shape index (κ3) is 8.35. The van der Waals surface area contributed by atoms with E-state index in [-0.39, 0.29) is 37.9 Å². The topological polar surface area (TPSA) is 191 Å². The first-order valence-electron chi connectivity index (χ1n) is 13.8. The Hall–Kier alpha value is -1.84. The van der Waals surface area contributed by atoms with Gasteiger partial charge in [-0.1, -0.05) is 32.9 Å². The van der Waals surface area contributed by atoms with Crippen LogP contribution >= 0.6 is 0 Å². The summed E-state index contributed by atoms with van der Waals surface area (Å²) in [5.74, 6) is -2.58. The number of rotatable bonds is 13. The summed E-state index contributed by atoms with van der Waals surface area (Å²) in [6.07, 6.45) is -6.41. The van der Waals surface area contributed by atoms with Gasteiger partial charge >= 0.3 is 6.09 Å². The molecule has 2 fully saturated rings. The Morgan fingerprint density at radius 2 is 1.93 bits per heavy atom. The number of hydrogen-bond donors (Lipinski definition) is 6. The molecule has 0 spiro atoms. The van der Waals surface area contributed by atoms with Gasteiger partial charge in [0.05, 0.1) is 24.4 Å². The molecule has 13 heteroatoms. The summed E-state index contributed by atoms with van der Waals surface area (Å²) in [7, 11) is 2.80. The highest BCUT2D eigenvalue weighted by Gasteiger charge is 2.51. The highest BCUT2D eigenvalue weighted by atomic mass is 16.7. The van der Waals surface area contributed by atoms with Gasteiger partial charge in [-0.25, -0.2) is 4.79 Å². The van der Waals surface area contributed by atoms with Gasteiger partial charge in [0.15, 0.2) is 12.3 Å². The molecule has 0 aromatic heterocycles. The minimum absolute atomic E-state index is 0.00779. The summed E-state index contributed by atoms with van der Waals surface area (Å²) < 4.78 is 28.2. The highest BCUT2D eigenvalue weighted by molar-refractivity contribution is 5.82. The lowest BCUT2D eigenvalue weighted by atomic mass is 9.74. The number of nitrogens with one attached hydrogen (secondary N) is 2. The van der Waals surface area contributed by atoms with Gasteiger partial charge in [0.2, 0.25) is 5.79 Å². The summed E-state index contributed by atoms with van der Waals surface area (Å²) in [4.78, 5) is 24.9. The lowest BCUT2D eigenvalue weighted by Crippen LogP contribution is -2.62. The SMILES string of the molecule is C=C1C[C@](OC)([C@H](O)C(=O)N[C@@H](O)[C@@H]2C[C@@H](O)C(C)(C)[C@@H](C[C@@H](COC(=O)NCCCN)OC)O2)O[C@H](C)[C@@H]1C. The number of nitrogens with two attached hydrogens (primary N) is 1. The van der Waals surface area contributed by atoms with Gasteiger partial charge in [0, 0.05) is 51.4 Å². The van der Waals surface area contributed by atoms with Crippen LogP contribution < -0.4 is 16.4 Å². The van der Waals surface area contributed by atoms with Crippen molar-refractivity contribution in [2.45, 2.75) is 102 Å². The fourth-order valence-corrected chi connectivity index (χ4v) is 4.90. The van der Waals surface area contributed by atoms with Crippen LogP contribution in [0.5, 0.6) is 0 Å². The highest BCUT2D eigenvalue weighted by Crippen LogP contribution is 2.40. The minimum Gasteiger partial charge on any atom is -0.447 e. The van der Waals surface area contributed by atoms with E-state index in [0.29, 0.717) is 19.5 Å². The molecule has 0 unspecified atom stereocenters. The lowest BCUT2D eigenvalue weighted by molar-refractivity contribution is -0.298. The van der Waals surface area contributed by atoms with E-state index in [4.69, 9.17) is 29.4 Å². The summed E-state index contributed by atoms with van der Waals surface area (Å²) in [6.45, 7) is 12.2. The molecule has 40 heavy (non-hydrogen) atoms. The van der Waals surface area contributed by atoms with Gasteiger partial charge in [-0.05, 0) is 19.9 Å². The minimum atomic E-state index is -1.77. The van der Waals surface area contributed by atoms with Crippen LogP contribution in [-0.2, 0) is 28.5 Å². The molecule has 2 saturated heterocycles. The molecule has 2 aliphatic heterocycles. The first-order chi connectivity index (χ1) is 18.7. The van der Waals surface area contributed by atoms with E-state index in [1.54, 1.807) is 6.92 Å². The molecule has 0 saturated carbocycles. The standard InChI is InChI=1S/C27H49N3O10/c1-15-13-27(37-7,40-17(3)16(15)2)22(32)24(34)30-23(33)19-12-20(31)26(4,5)21(39-19)11-18(36-6)14-38-25(35)29-10-8-9-28/h16-23,31-33H,1,8-14,28H2,2-7H3,(H,29,35)(H,30,34)/t16-,17-,18+,19+,20-,21-,22-,23+,27-/m1/s1. The number of hydrogen-bond acceptors (Lipinski definition) is 11. The molecule has 7 N–H and O–H groups in total. The predicted octanol–water partition coefficient (Wildman–Crippen LogP) is 0.150. The second-order valence-corrected chi connectivity index (χ2v) is 11.3. The third-order valence-corrected chi connectivity index (χ3v) is 8.20. The van der Waals surface area contributed by atoms with Gasteiger partial charge in [-0.3, -0.25) is 4.79 Å². The van der Waals surface area contributed by atoms with Gasteiger partial charge in [0.1, 0.15) is 12.7 Å². The van der Waals surface area contributed by atoms with Gasteiger partial charge in [0.25, 0.3) is 5.91 Å². The Kier molecular flexibility index (Phi) is 12.8. The molecule has 2 aliphatic rings. The zero-order valence-corrected chi connectivity index (χ0v) is 24.6. The van der Waals surface area contributed by atoms with Crippen molar-refractivity contribution in [3.8, 4) is 0 Å². The van der Waals surface area contributed by atoms with Crippen molar-refractivity contribution in [1.29, 1.82) is 0 Å². The molecule has 2 rings (SSSR count). The zero-order valence-electron chi connectivity index (χ0n) is 24.6. The molecule has 232 valence electrons. The normalized spacial score (nSPS) is 32.5. The Labute approximate surface area is 236 Å². The molecule has 0 aliphatic carbocycles. The number of ether oxygens (including phenoxy) is 5. The van der Waals surface area contributed by atoms with Crippen LogP contribution in [0.4, 0.5) is 4.79 Å². The van der Waals surface area contributed by atoms with Crippen molar-refractivity contribution in [2.24, 2.45) is 17.1 Å². The number of carbonyl (C=O) groups excluding carboxylic acids is 2. The molecule has 2 heterocycles. The first-order valence-corrected chi connectivity index (χ1v) is 13.8. The van der Waals surface area contributed by atoms with Gasteiger partial charge in [-0.15, -0.1) is 0 Å². The van der Waals surface area contributed by atoms with Crippen molar-refractivity contribution >= 4 is 12.0 Å². The van der Waals surface area contributed by atoms with Crippen LogP contribution in [-0.4, -0.2) is 110 Å². The molecule has 0 aromatic carbocycles. The Bertz CT molecular complexity index is 858. The Morgan fingerprint density at radius 3 is 2.50 bits per heavy atom. The van der Waals surface area contributed by atoms with Crippen LogP contribution in [0.3, 0.4) is 0 Å². The average Bonchev–Trinajstić information content (AvgIpc) is 2.91. The smallest absolute Gasteiger partial charge is 0.407 e. The van der Waals surface area contributed by atoms with E-state index >= 15 is 0 Å². The van der Waals surface area contributed by atoms with E-state index in [2.05, 4.69) is 17.2 Å². The second kappa shape index (κ2) is 14.9. The van der Waals surface area contributed by atoms with E-state index < -0.39 is 60.0 Å². The van der Waals surface area contributed by atoms with E-state index in [9.17, 15) is 24.9 Å². The number of alkyl carbamates (subject to hydrolysis) is 1. The maximum atomic E-state index is 13.0. The molecule has 2 amide bonds. The number of carbonyl (C=O) groups is 2. The zero-order chi connectivity index (χ0) is 30.3. The van der Waals surface area contributed by atoms with Crippen LogP contribution in [0.2, 0.25) is 0 Å². The van der Waals surface area contributed by atoms with E-state index in [1.807, 2.05) is 20.8 Å². The molecule has 0 bridgehead atoms. The van der Waals surface area contributed by atoms with E-state index in [0.717, 1.165) is 5.57 Å². The van der Waals surface area contributed by atoms with Crippen LogP contribution in [0.15, 0.2) is 12.2 Å². The summed E-state index contributed by atoms with van der Waals surface area (Å²) >= 11 is 0. The number of methoxy groups -OCH3 is 2. The maximum Gasteiger partial charge on any atom is 0.407 e. The molecule has 9 atom stereocenters. The van der Waals surface area contributed by atoms with Crippen molar-refractivity contribution in [3.05, 3.63) is 12.2 Å². The van der Waals surface area contributed by atoms with Gasteiger partial charge < -0.3 is 55.4 Å². The summed E-state index contributed by atoms with van der Waals surface area (Å²) in [5, 5.41) is 37.6. The van der Waals surface area contributed by atoms with Crippen LogP contribution in [0.1, 0.15) is 53.4 Å². The van der Waals surface area contributed by atoms with Crippen molar-refractivity contribution < 1.29 is 48.6 Å². The molecule has 13 nitrogen and oxygen atoms in total. The summed E-state index contributed by atoms with van der Waals surface area (Å²) in [5.41, 5.74) is 5.44. The molecule has 0 aromatic rings. The average molecular weight is 576 g/mol. The van der Waals surface area contributed by atoms with Crippen molar-refractivity contribution in [2.75, 3.05) is 33.9 Å². The summed E-state index contributed by atoms with van der Waals surface area (Å²) in [6, 6.07) is 0. The number of aliphatic hydroxyl groups excluding tert-OH is 3. The third-order valence-electron chi connectivity index (χ3n) is 8.20. The van der Waals surface area contributed by atoms with Crippen molar-refractivity contribution in [1.82, 2.24) is 10.6 Å². The lowest BCUT2D eigenvalue weighted by Gasteiger charge is -2.48. The number of amides is 2. The fraction of sp³-hybridized carbons (Fsp3) is 0.852. The predicted molar refractivity (Wildman–Crippen MR) is 145 cm³/mol. The van der Waals surface area contributed by atoms with Crippen LogP contribution in [0, 0.1) is 11.3 Å². The monoisotopic (exact) mass is 575 g/mol. The molecular formula is C27H49N3O10. The largest absolute Gasteiger partial charge is 0.447 e. The maximum absolute atomic E-state index is 13.0. The quantitative estimate of drug-likeness (QED) is 0.0995. The van der Waals surface area contributed by atoms with Crippen LogP contribution in [0.25, 0.3) is 0 Å². The van der Waals surface area contributed by atoms with Gasteiger partial charge in [-0.2, -0.15) is 0 Å². The molecular weight excluding hydrogens is 526 g/mol. The Morgan fingerprint density at radius 1 is 1.25 bits per heavy atom. The fourth-order valence-electron chi connectivity index (χ4n) is 4.90. The van der Waals surface area contributed by atoms with E-state index in [1.165, 1.54) is 14.2 Å². The first kappa shape index (κ1) is 34.4. The second-order valence-electron chi connectivity index (χ2n) is 11.3.